The van der Waals surface area contributed by atoms with Crippen molar-refractivity contribution in [1.82, 2.24) is 5.32 Å². The second-order valence-corrected chi connectivity index (χ2v) is 3.12. The summed E-state index contributed by atoms with van der Waals surface area (Å²) in [5.74, 6) is 0.513. The van der Waals surface area contributed by atoms with Gasteiger partial charge in [0.15, 0.2) is 0 Å². The first-order valence-corrected chi connectivity index (χ1v) is 4.16. The first-order valence-electron chi connectivity index (χ1n) is 4.16. The van der Waals surface area contributed by atoms with Gasteiger partial charge in [-0.2, -0.15) is 0 Å². The van der Waals surface area contributed by atoms with Crippen molar-refractivity contribution in [1.29, 1.82) is 0 Å². The summed E-state index contributed by atoms with van der Waals surface area (Å²) in [7, 11) is 1.98. The van der Waals surface area contributed by atoms with Gasteiger partial charge < -0.3 is 10.4 Å². The van der Waals surface area contributed by atoms with Crippen LogP contribution < -0.4 is 5.32 Å². The maximum atomic E-state index is 8.95. The zero-order valence-electron chi connectivity index (χ0n) is 6.64. The summed E-state index contributed by atoms with van der Waals surface area (Å²) >= 11 is 0. The minimum absolute atomic E-state index is 0.353. The third kappa shape index (κ3) is 1.70. The van der Waals surface area contributed by atoms with Crippen LogP contribution in [-0.4, -0.2) is 24.8 Å². The Hall–Kier alpha value is -0.0800. The summed E-state index contributed by atoms with van der Waals surface area (Å²) in [6, 6.07) is 0.568. The van der Waals surface area contributed by atoms with Crippen molar-refractivity contribution in [3.8, 4) is 0 Å². The lowest BCUT2D eigenvalue weighted by atomic mass is 9.85. The van der Waals surface area contributed by atoms with Crippen LogP contribution in [0, 0.1) is 5.92 Å². The van der Waals surface area contributed by atoms with Crippen molar-refractivity contribution in [2.45, 2.75) is 31.7 Å². The lowest BCUT2D eigenvalue weighted by Crippen LogP contribution is -2.37. The van der Waals surface area contributed by atoms with Crippen LogP contribution in [-0.2, 0) is 0 Å². The predicted octanol–water partition coefficient (Wildman–Crippen LogP) is 0.757. The SMILES string of the molecule is CNC1CCCCC1CO. The van der Waals surface area contributed by atoms with Crippen molar-refractivity contribution in [2.75, 3.05) is 13.7 Å². The van der Waals surface area contributed by atoms with E-state index in [1.807, 2.05) is 7.05 Å². The molecule has 1 aliphatic rings. The highest BCUT2D eigenvalue weighted by Crippen LogP contribution is 2.23. The number of aliphatic hydroxyl groups is 1. The molecule has 0 aromatic rings. The van der Waals surface area contributed by atoms with E-state index in [4.69, 9.17) is 5.11 Å². The molecule has 2 atom stereocenters. The molecular formula is C8H17NO. The van der Waals surface area contributed by atoms with Crippen LogP contribution >= 0.6 is 0 Å². The van der Waals surface area contributed by atoms with Gasteiger partial charge in [0.2, 0.25) is 0 Å². The Morgan fingerprint density at radius 3 is 2.60 bits per heavy atom. The van der Waals surface area contributed by atoms with Crippen LogP contribution in [0.2, 0.25) is 0 Å². The molecule has 0 aromatic heterocycles. The molecule has 2 unspecified atom stereocenters. The zero-order chi connectivity index (χ0) is 7.40. The van der Waals surface area contributed by atoms with Gasteiger partial charge in [-0.3, -0.25) is 0 Å². The van der Waals surface area contributed by atoms with Gasteiger partial charge in [0.25, 0.3) is 0 Å². The summed E-state index contributed by atoms with van der Waals surface area (Å²) < 4.78 is 0. The van der Waals surface area contributed by atoms with E-state index in [0.29, 0.717) is 18.6 Å². The zero-order valence-corrected chi connectivity index (χ0v) is 6.64. The molecule has 0 heterocycles. The predicted molar refractivity (Wildman–Crippen MR) is 41.9 cm³/mol. The molecule has 2 heteroatoms. The van der Waals surface area contributed by atoms with Gasteiger partial charge in [-0.25, -0.2) is 0 Å². The monoisotopic (exact) mass is 143 g/mol. The molecule has 1 saturated carbocycles. The fourth-order valence-electron chi connectivity index (χ4n) is 1.81. The van der Waals surface area contributed by atoms with Crippen molar-refractivity contribution in [3.05, 3.63) is 0 Å². The Morgan fingerprint density at radius 2 is 2.10 bits per heavy atom. The average molecular weight is 143 g/mol. The first-order chi connectivity index (χ1) is 4.88. The van der Waals surface area contributed by atoms with Crippen LogP contribution in [0.25, 0.3) is 0 Å². The second-order valence-electron chi connectivity index (χ2n) is 3.12. The third-order valence-corrected chi connectivity index (χ3v) is 2.51. The van der Waals surface area contributed by atoms with E-state index in [1.165, 1.54) is 25.7 Å². The highest BCUT2D eigenvalue weighted by Gasteiger charge is 2.22. The topological polar surface area (TPSA) is 32.3 Å². The van der Waals surface area contributed by atoms with Gasteiger partial charge in [-0.05, 0) is 25.8 Å². The normalized spacial score (nSPS) is 34.2. The minimum atomic E-state index is 0.353. The summed E-state index contributed by atoms with van der Waals surface area (Å²) in [4.78, 5) is 0. The molecule has 60 valence electrons. The molecule has 0 aromatic carbocycles. The number of hydrogen-bond donors (Lipinski definition) is 2. The van der Waals surface area contributed by atoms with Crippen LogP contribution in [0.5, 0.6) is 0 Å². The van der Waals surface area contributed by atoms with Crippen molar-refractivity contribution < 1.29 is 5.11 Å². The van der Waals surface area contributed by atoms with Gasteiger partial charge in [0.1, 0.15) is 0 Å². The Labute approximate surface area is 62.6 Å². The fourth-order valence-corrected chi connectivity index (χ4v) is 1.81. The molecular weight excluding hydrogens is 126 g/mol. The Kier molecular flexibility index (Phi) is 3.16. The molecule has 2 N–H and O–H groups in total. The first kappa shape index (κ1) is 8.02. The highest BCUT2D eigenvalue weighted by molar-refractivity contribution is 4.78. The number of hydrogen-bond acceptors (Lipinski definition) is 2. The standard InChI is InChI=1S/C8H17NO/c1-9-8-5-3-2-4-7(8)6-10/h7-10H,2-6H2,1H3. The molecule has 1 fully saturated rings. The van der Waals surface area contributed by atoms with E-state index < -0.39 is 0 Å². The van der Waals surface area contributed by atoms with E-state index in [-0.39, 0.29) is 0 Å². The molecule has 1 rings (SSSR count). The maximum absolute atomic E-state index is 8.95. The molecule has 0 amide bonds. The average Bonchev–Trinajstić information content (AvgIpc) is 2.04. The van der Waals surface area contributed by atoms with Gasteiger partial charge in [-0.15, -0.1) is 0 Å². The maximum Gasteiger partial charge on any atom is 0.0474 e. The smallest absolute Gasteiger partial charge is 0.0474 e. The van der Waals surface area contributed by atoms with Crippen LogP contribution in [0.1, 0.15) is 25.7 Å². The van der Waals surface area contributed by atoms with E-state index in [9.17, 15) is 0 Å². The Morgan fingerprint density at radius 1 is 1.40 bits per heavy atom. The Bertz CT molecular complexity index is 83.3. The van der Waals surface area contributed by atoms with Crippen LogP contribution in [0.15, 0.2) is 0 Å². The molecule has 0 saturated heterocycles. The molecule has 1 aliphatic carbocycles. The van der Waals surface area contributed by atoms with E-state index in [0.717, 1.165) is 0 Å². The minimum Gasteiger partial charge on any atom is -0.396 e. The van der Waals surface area contributed by atoms with E-state index in [2.05, 4.69) is 5.32 Å². The number of nitrogens with one attached hydrogen (secondary N) is 1. The summed E-state index contributed by atoms with van der Waals surface area (Å²) in [6.45, 7) is 0.353. The quantitative estimate of drug-likeness (QED) is 0.598. The molecule has 0 spiro atoms. The van der Waals surface area contributed by atoms with Gasteiger partial charge in [0.05, 0.1) is 0 Å². The largest absolute Gasteiger partial charge is 0.396 e. The van der Waals surface area contributed by atoms with Gasteiger partial charge in [0, 0.05) is 12.6 Å². The lowest BCUT2D eigenvalue weighted by molar-refractivity contribution is 0.157. The van der Waals surface area contributed by atoms with Gasteiger partial charge in [-0.1, -0.05) is 12.8 Å². The van der Waals surface area contributed by atoms with Crippen molar-refractivity contribution in [2.24, 2.45) is 5.92 Å². The van der Waals surface area contributed by atoms with E-state index >= 15 is 0 Å². The summed E-state index contributed by atoms with van der Waals surface area (Å²) in [6.07, 6.45) is 5.05. The molecule has 0 aliphatic heterocycles. The number of aliphatic hydroxyl groups excluding tert-OH is 1. The Balaban J connectivity index is 2.34. The number of rotatable bonds is 2. The highest BCUT2D eigenvalue weighted by atomic mass is 16.3. The molecule has 2 nitrogen and oxygen atoms in total. The van der Waals surface area contributed by atoms with Crippen molar-refractivity contribution in [3.63, 3.8) is 0 Å². The molecule has 0 radical (unpaired) electrons. The van der Waals surface area contributed by atoms with Gasteiger partial charge >= 0.3 is 0 Å². The lowest BCUT2D eigenvalue weighted by Gasteiger charge is -2.29. The van der Waals surface area contributed by atoms with Crippen LogP contribution in [0.3, 0.4) is 0 Å². The van der Waals surface area contributed by atoms with Crippen molar-refractivity contribution >= 4 is 0 Å². The van der Waals surface area contributed by atoms with E-state index in [1.54, 1.807) is 0 Å². The van der Waals surface area contributed by atoms with Crippen LogP contribution in [0.4, 0.5) is 0 Å². The fraction of sp³-hybridized carbons (Fsp3) is 1.00. The second kappa shape index (κ2) is 3.94. The summed E-state index contributed by atoms with van der Waals surface area (Å²) in [5, 5.41) is 12.2. The molecule has 0 bridgehead atoms. The summed E-state index contributed by atoms with van der Waals surface area (Å²) in [5.41, 5.74) is 0. The third-order valence-electron chi connectivity index (χ3n) is 2.51. The molecule has 10 heavy (non-hydrogen) atoms.